The molecule has 1 aromatic rings. The molecule has 6 heteroatoms. The second-order valence-electron chi connectivity index (χ2n) is 3.66. The van der Waals surface area contributed by atoms with E-state index in [2.05, 4.69) is 34.4 Å². The molecule has 0 aliphatic carbocycles. The summed E-state index contributed by atoms with van der Waals surface area (Å²) in [6.45, 7) is 5.57. The minimum atomic E-state index is 0.746. The Morgan fingerprint density at radius 3 is 2.94 bits per heavy atom. The SMILES string of the molecule is CCCNc1nnc(CN(C)CCOC)s1. The number of likely N-dealkylation sites (N-methyl/N-ethyl adjacent to an activating group) is 1. The normalized spacial score (nSPS) is 11.0. The molecule has 16 heavy (non-hydrogen) atoms. The predicted octanol–water partition coefficient (Wildman–Crippen LogP) is 1.44. The molecule has 0 aliphatic rings. The maximum atomic E-state index is 5.02. The summed E-state index contributed by atoms with van der Waals surface area (Å²) >= 11 is 1.62. The Labute approximate surface area is 101 Å². The molecule has 0 atom stereocenters. The third-order valence-electron chi connectivity index (χ3n) is 2.08. The van der Waals surface area contributed by atoms with Crippen LogP contribution in [0.1, 0.15) is 18.4 Å². The third kappa shape index (κ3) is 4.87. The van der Waals surface area contributed by atoms with Crippen LogP contribution in [0, 0.1) is 0 Å². The van der Waals surface area contributed by atoms with Crippen LogP contribution in [-0.2, 0) is 11.3 Å². The van der Waals surface area contributed by atoms with Gasteiger partial charge in [0, 0.05) is 20.2 Å². The number of aromatic nitrogens is 2. The molecule has 0 fully saturated rings. The summed E-state index contributed by atoms with van der Waals surface area (Å²) in [4.78, 5) is 2.17. The summed E-state index contributed by atoms with van der Waals surface area (Å²) in [6.07, 6.45) is 1.10. The van der Waals surface area contributed by atoms with Gasteiger partial charge in [0.05, 0.1) is 13.2 Å². The van der Waals surface area contributed by atoms with Crippen molar-refractivity contribution in [2.24, 2.45) is 0 Å². The van der Waals surface area contributed by atoms with Crippen molar-refractivity contribution in [1.29, 1.82) is 0 Å². The quantitative estimate of drug-likeness (QED) is 0.750. The minimum Gasteiger partial charge on any atom is -0.383 e. The smallest absolute Gasteiger partial charge is 0.205 e. The van der Waals surface area contributed by atoms with E-state index in [0.717, 1.165) is 42.8 Å². The van der Waals surface area contributed by atoms with Gasteiger partial charge >= 0.3 is 0 Å². The van der Waals surface area contributed by atoms with Crippen molar-refractivity contribution < 1.29 is 4.74 Å². The molecule has 0 aromatic carbocycles. The van der Waals surface area contributed by atoms with E-state index in [9.17, 15) is 0 Å². The lowest BCUT2D eigenvalue weighted by molar-refractivity contribution is 0.158. The van der Waals surface area contributed by atoms with Crippen LogP contribution in [0.15, 0.2) is 0 Å². The number of hydrogen-bond donors (Lipinski definition) is 1. The maximum Gasteiger partial charge on any atom is 0.205 e. The summed E-state index contributed by atoms with van der Waals surface area (Å²) < 4.78 is 5.02. The number of nitrogens with one attached hydrogen (secondary N) is 1. The number of anilines is 1. The zero-order valence-corrected chi connectivity index (χ0v) is 11.0. The van der Waals surface area contributed by atoms with Gasteiger partial charge in [-0.05, 0) is 13.5 Å². The molecule has 92 valence electrons. The van der Waals surface area contributed by atoms with Crippen LogP contribution >= 0.6 is 11.3 Å². The van der Waals surface area contributed by atoms with E-state index >= 15 is 0 Å². The van der Waals surface area contributed by atoms with Gasteiger partial charge in [-0.2, -0.15) is 0 Å². The lowest BCUT2D eigenvalue weighted by Crippen LogP contribution is -2.22. The lowest BCUT2D eigenvalue weighted by atomic mass is 10.5. The number of rotatable bonds is 8. The predicted molar refractivity (Wildman–Crippen MR) is 66.9 cm³/mol. The Morgan fingerprint density at radius 2 is 2.25 bits per heavy atom. The molecule has 0 radical (unpaired) electrons. The van der Waals surface area contributed by atoms with Crippen molar-refractivity contribution in [3.63, 3.8) is 0 Å². The summed E-state index contributed by atoms with van der Waals surface area (Å²) in [7, 11) is 3.77. The van der Waals surface area contributed by atoms with Gasteiger partial charge in [-0.3, -0.25) is 4.90 Å². The zero-order chi connectivity index (χ0) is 11.8. The highest BCUT2D eigenvalue weighted by atomic mass is 32.1. The van der Waals surface area contributed by atoms with Crippen LogP contribution in [0.5, 0.6) is 0 Å². The Balaban J connectivity index is 2.33. The standard InChI is InChI=1S/C10H20N4OS/c1-4-5-11-10-13-12-9(16-10)8-14(2)6-7-15-3/h4-8H2,1-3H3,(H,11,13). The highest BCUT2D eigenvalue weighted by Crippen LogP contribution is 2.16. The molecule has 0 spiro atoms. The van der Waals surface area contributed by atoms with Gasteiger partial charge in [0.2, 0.25) is 5.13 Å². The van der Waals surface area contributed by atoms with E-state index in [0.29, 0.717) is 0 Å². The van der Waals surface area contributed by atoms with Crippen molar-refractivity contribution in [1.82, 2.24) is 15.1 Å². The molecular formula is C10H20N4OS. The van der Waals surface area contributed by atoms with Crippen molar-refractivity contribution in [2.45, 2.75) is 19.9 Å². The Kier molecular flexibility index (Phi) is 6.29. The summed E-state index contributed by atoms with van der Waals surface area (Å²) in [6, 6.07) is 0. The lowest BCUT2D eigenvalue weighted by Gasteiger charge is -2.13. The first-order valence-electron chi connectivity index (χ1n) is 5.50. The monoisotopic (exact) mass is 244 g/mol. The summed E-state index contributed by atoms with van der Waals surface area (Å²) in [5, 5.41) is 13.4. The number of hydrogen-bond acceptors (Lipinski definition) is 6. The van der Waals surface area contributed by atoms with Crippen molar-refractivity contribution in [3.8, 4) is 0 Å². The molecule has 1 rings (SSSR count). The number of ether oxygens (including phenoxy) is 1. The zero-order valence-electron chi connectivity index (χ0n) is 10.2. The van der Waals surface area contributed by atoms with E-state index < -0.39 is 0 Å². The molecule has 0 aliphatic heterocycles. The Bertz CT molecular complexity index is 292. The highest BCUT2D eigenvalue weighted by molar-refractivity contribution is 7.15. The van der Waals surface area contributed by atoms with Crippen molar-refractivity contribution in [3.05, 3.63) is 5.01 Å². The van der Waals surface area contributed by atoms with Gasteiger partial charge in [-0.15, -0.1) is 10.2 Å². The van der Waals surface area contributed by atoms with Crippen molar-refractivity contribution >= 4 is 16.5 Å². The first kappa shape index (κ1) is 13.3. The maximum absolute atomic E-state index is 5.02. The molecular weight excluding hydrogens is 224 g/mol. The van der Waals surface area contributed by atoms with E-state index in [1.165, 1.54) is 0 Å². The van der Waals surface area contributed by atoms with E-state index in [1.54, 1.807) is 18.4 Å². The second-order valence-corrected chi connectivity index (χ2v) is 4.72. The van der Waals surface area contributed by atoms with Gasteiger partial charge in [0.15, 0.2) is 0 Å². The first-order chi connectivity index (χ1) is 7.76. The Hall–Kier alpha value is -0.720. The van der Waals surface area contributed by atoms with E-state index in [4.69, 9.17) is 4.74 Å². The first-order valence-corrected chi connectivity index (χ1v) is 6.31. The molecule has 1 aromatic heterocycles. The van der Waals surface area contributed by atoms with Crippen LogP contribution < -0.4 is 5.32 Å². The van der Waals surface area contributed by atoms with Crippen LogP contribution in [0.2, 0.25) is 0 Å². The van der Waals surface area contributed by atoms with Gasteiger partial charge < -0.3 is 10.1 Å². The molecule has 0 bridgehead atoms. The molecule has 0 unspecified atom stereocenters. The molecule has 1 heterocycles. The molecule has 0 amide bonds. The largest absolute Gasteiger partial charge is 0.383 e. The van der Waals surface area contributed by atoms with Crippen LogP contribution in [0.3, 0.4) is 0 Å². The van der Waals surface area contributed by atoms with Gasteiger partial charge in [0.1, 0.15) is 5.01 Å². The third-order valence-corrected chi connectivity index (χ3v) is 2.94. The number of methoxy groups -OCH3 is 1. The fourth-order valence-electron chi connectivity index (χ4n) is 1.18. The molecule has 0 saturated carbocycles. The molecule has 1 N–H and O–H groups in total. The summed E-state index contributed by atoms with van der Waals surface area (Å²) in [5.74, 6) is 0. The van der Waals surface area contributed by atoms with Crippen LogP contribution in [0.25, 0.3) is 0 Å². The topological polar surface area (TPSA) is 50.3 Å². The molecule has 0 saturated heterocycles. The highest BCUT2D eigenvalue weighted by Gasteiger charge is 2.06. The van der Waals surface area contributed by atoms with Crippen molar-refractivity contribution in [2.75, 3.05) is 39.2 Å². The molecule has 5 nitrogen and oxygen atoms in total. The fraction of sp³-hybridized carbons (Fsp3) is 0.800. The van der Waals surface area contributed by atoms with E-state index in [1.807, 2.05) is 0 Å². The summed E-state index contributed by atoms with van der Waals surface area (Å²) in [5.41, 5.74) is 0. The average Bonchev–Trinajstić information content (AvgIpc) is 2.71. The second kappa shape index (κ2) is 7.54. The van der Waals surface area contributed by atoms with Crippen LogP contribution in [-0.4, -0.2) is 49.0 Å². The average molecular weight is 244 g/mol. The van der Waals surface area contributed by atoms with Gasteiger partial charge in [-0.1, -0.05) is 18.3 Å². The van der Waals surface area contributed by atoms with E-state index in [-0.39, 0.29) is 0 Å². The van der Waals surface area contributed by atoms with Crippen LogP contribution in [0.4, 0.5) is 5.13 Å². The van der Waals surface area contributed by atoms with Gasteiger partial charge in [0.25, 0.3) is 0 Å². The Morgan fingerprint density at radius 1 is 1.44 bits per heavy atom. The van der Waals surface area contributed by atoms with Gasteiger partial charge in [-0.25, -0.2) is 0 Å². The minimum absolute atomic E-state index is 0.746. The fourth-order valence-corrected chi connectivity index (χ4v) is 2.02. The number of nitrogens with zero attached hydrogens (tertiary/aromatic N) is 3.